The molecule has 2 aliphatic heterocycles. The van der Waals surface area contributed by atoms with Crippen molar-refractivity contribution in [2.45, 2.75) is 57.1 Å². The highest BCUT2D eigenvalue weighted by Crippen LogP contribution is 2.38. The molecule has 3 rings (SSSR count). The van der Waals surface area contributed by atoms with Gasteiger partial charge in [0.2, 0.25) is 5.91 Å². The maximum atomic E-state index is 13.5. The van der Waals surface area contributed by atoms with Gasteiger partial charge < -0.3 is 14.4 Å². The smallest absolute Gasteiger partial charge is 0.340 e. The molecule has 1 aromatic heterocycles. The third-order valence-corrected chi connectivity index (χ3v) is 8.85. The third-order valence-electron chi connectivity index (χ3n) is 5.31. The Morgan fingerprint density at radius 3 is 2.45 bits per heavy atom. The molecule has 3 heterocycles. The minimum absolute atomic E-state index is 0.00216. The molecule has 172 valence electrons. The lowest BCUT2D eigenvalue weighted by Crippen LogP contribution is -2.48. The molecule has 2 atom stereocenters. The van der Waals surface area contributed by atoms with E-state index in [2.05, 4.69) is 0 Å². The number of fused-ring (bicyclic) bond motifs is 1. The Balaban J connectivity index is 1.98. The van der Waals surface area contributed by atoms with Crippen molar-refractivity contribution in [3.05, 3.63) is 28.2 Å². The van der Waals surface area contributed by atoms with Crippen LogP contribution in [0.2, 0.25) is 0 Å². The fourth-order valence-corrected chi connectivity index (χ4v) is 7.51. The van der Waals surface area contributed by atoms with Crippen molar-refractivity contribution in [2.24, 2.45) is 5.92 Å². The summed E-state index contributed by atoms with van der Waals surface area (Å²) < 4.78 is 39.0. The van der Waals surface area contributed by atoms with E-state index >= 15 is 0 Å². The molecule has 0 bridgehead atoms. The van der Waals surface area contributed by atoms with Crippen molar-refractivity contribution < 1.29 is 27.5 Å². The predicted octanol–water partition coefficient (Wildman–Crippen LogP) is 2.43. The van der Waals surface area contributed by atoms with Crippen LogP contribution in [0.25, 0.3) is 0 Å². The number of allylic oxidation sites excluding steroid dienone is 1. The number of morpholine rings is 1. The van der Waals surface area contributed by atoms with Crippen LogP contribution >= 0.6 is 11.3 Å². The fraction of sp³-hybridized carbons (Fsp3) is 0.619. The lowest BCUT2D eigenvalue weighted by molar-refractivity contribution is -0.126. The number of hydrogen-bond donors (Lipinski definition) is 0. The monoisotopic (exact) mass is 470 g/mol. The van der Waals surface area contributed by atoms with Gasteiger partial charge in [0.1, 0.15) is 4.21 Å². The summed E-state index contributed by atoms with van der Waals surface area (Å²) in [6.07, 6.45) is 3.32. The van der Waals surface area contributed by atoms with Crippen molar-refractivity contribution in [1.29, 1.82) is 0 Å². The van der Waals surface area contributed by atoms with Crippen molar-refractivity contribution in [1.82, 2.24) is 9.21 Å². The van der Waals surface area contributed by atoms with E-state index in [1.807, 2.05) is 33.8 Å². The average Bonchev–Trinajstić information content (AvgIpc) is 3.10. The largest absolute Gasteiger partial charge is 0.465 e. The summed E-state index contributed by atoms with van der Waals surface area (Å²) in [6.45, 7) is 8.77. The zero-order valence-electron chi connectivity index (χ0n) is 18.6. The van der Waals surface area contributed by atoms with Crippen molar-refractivity contribution in [3.8, 4) is 0 Å². The SMILES string of the molecule is COC(=O)c1c(S(=O)(=O)N2C[C@@H](C)O[C@@H](C)C2)sc2c1CCN(C(=O)/C=C/C(C)C)C2. The highest BCUT2D eigenvalue weighted by molar-refractivity contribution is 7.91. The van der Waals surface area contributed by atoms with E-state index in [9.17, 15) is 18.0 Å². The highest BCUT2D eigenvalue weighted by Gasteiger charge is 2.39. The molecule has 1 aromatic rings. The number of carbonyl (C=O) groups is 2. The number of nitrogens with zero attached hydrogens (tertiary/aromatic N) is 2. The van der Waals surface area contributed by atoms with Gasteiger partial charge in [0, 0.05) is 24.5 Å². The predicted molar refractivity (Wildman–Crippen MR) is 118 cm³/mol. The van der Waals surface area contributed by atoms with E-state index in [-0.39, 0.29) is 53.4 Å². The molecule has 31 heavy (non-hydrogen) atoms. The Kier molecular flexibility index (Phi) is 7.25. The van der Waals surface area contributed by atoms with Crippen LogP contribution in [0.15, 0.2) is 16.4 Å². The van der Waals surface area contributed by atoms with Crippen LogP contribution in [0, 0.1) is 5.92 Å². The molecule has 0 saturated carbocycles. The third kappa shape index (κ3) is 5.02. The molecule has 0 aromatic carbocycles. The van der Waals surface area contributed by atoms with E-state index in [0.29, 0.717) is 23.4 Å². The number of ether oxygens (including phenoxy) is 2. The summed E-state index contributed by atoms with van der Waals surface area (Å²) in [7, 11) is -2.67. The summed E-state index contributed by atoms with van der Waals surface area (Å²) in [5, 5.41) is 0. The number of sulfonamides is 1. The van der Waals surface area contributed by atoms with E-state index in [1.165, 1.54) is 11.4 Å². The second kappa shape index (κ2) is 9.40. The Labute approximate surface area is 187 Å². The van der Waals surface area contributed by atoms with Gasteiger partial charge in [0.15, 0.2) is 0 Å². The average molecular weight is 471 g/mol. The maximum Gasteiger partial charge on any atom is 0.340 e. The van der Waals surface area contributed by atoms with E-state index in [0.717, 1.165) is 11.3 Å². The van der Waals surface area contributed by atoms with Crippen LogP contribution in [0.5, 0.6) is 0 Å². The van der Waals surface area contributed by atoms with Crippen molar-refractivity contribution in [3.63, 3.8) is 0 Å². The zero-order valence-corrected chi connectivity index (χ0v) is 20.2. The molecule has 0 radical (unpaired) electrons. The van der Waals surface area contributed by atoms with Gasteiger partial charge in [-0.15, -0.1) is 11.3 Å². The first-order valence-corrected chi connectivity index (χ1v) is 12.7. The molecular weight excluding hydrogens is 440 g/mol. The molecular formula is C21H30N2O6S2. The van der Waals surface area contributed by atoms with E-state index < -0.39 is 16.0 Å². The highest BCUT2D eigenvalue weighted by atomic mass is 32.2. The first-order chi connectivity index (χ1) is 14.5. The Morgan fingerprint density at radius 2 is 1.87 bits per heavy atom. The van der Waals surface area contributed by atoms with Crippen molar-refractivity contribution in [2.75, 3.05) is 26.7 Å². The van der Waals surface area contributed by atoms with Gasteiger partial charge in [-0.2, -0.15) is 4.31 Å². The molecule has 1 saturated heterocycles. The Hall–Kier alpha value is -1.75. The molecule has 2 aliphatic rings. The molecule has 1 amide bonds. The summed E-state index contributed by atoms with van der Waals surface area (Å²) in [6, 6.07) is 0. The quantitative estimate of drug-likeness (QED) is 0.485. The number of esters is 1. The molecule has 8 nitrogen and oxygen atoms in total. The van der Waals surface area contributed by atoms with Gasteiger partial charge in [-0.3, -0.25) is 4.79 Å². The second-order valence-corrected chi connectivity index (χ2v) is 11.6. The lowest BCUT2D eigenvalue weighted by Gasteiger charge is -2.34. The Bertz CT molecular complexity index is 972. The first kappa shape index (κ1) is 23.9. The fourth-order valence-electron chi connectivity index (χ4n) is 3.88. The minimum Gasteiger partial charge on any atom is -0.465 e. The zero-order chi connectivity index (χ0) is 22.9. The van der Waals surface area contributed by atoms with Gasteiger partial charge >= 0.3 is 5.97 Å². The first-order valence-electron chi connectivity index (χ1n) is 10.4. The van der Waals surface area contributed by atoms with Crippen LogP contribution in [-0.4, -0.2) is 68.5 Å². The number of amides is 1. The van der Waals surface area contributed by atoms with Crippen LogP contribution in [0.3, 0.4) is 0 Å². The maximum absolute atomic E-state index is 13.5. The van der Waals surface area contributed by atoms with E-state index in [1.54, 1.807) is 11.0 Å². The van der Waals surface area contributed by atoms with E-state index in [4.69, 9.17) is 9.47 Å². The van der Waals surface area contributed by atoms with Gasteiger partial charge in [0.05, 0.1) is 31.4 Å². The summed E-state index contributed by atoms with van der Waals surface area (Å²) in [5.41, 5.74) is 0.779. The lowest BCUT2D eigenvalue weighted by atomic mass is 10.0. The molecule has 0 unspecified atom stereocenters. The molecule has 0 aliphatic carbocycles. The number of rotatable bonds is 5. The number of methoxy groups -OCH3 is 1. The topological polar surface area (TPSA) is 93.2 Å². The van der Waals surface area contributed by atoms with Crippen LogP contribution in [-0.2, 0) is 37.3 Å². The number of thiophene rings is 1. The molecule has 1 fully saturated rings. The number of hydrogen-bond acceptors (Lipinski definition) is 7. The standard InChI is InChI=1S/C21H30N2O6S2/c1-13(2)6-7-18(24)22-9-8-16-17(12-22)30-21(19(16)20(25)28-5)31(26,27)23-10-14(3)29-15(4)11-23/h6-7,13-15H,8-12H2,1-5H3/b7-6+/t14-,15+. The van der Waals surface area contributed by atoms with Gasteiger partial charge in [-0.25, -0.2) is 13.2 Å². The Morgan fingerprint density at radius 1 is 1.23 bits per heavy atom. The summed E-state index contributed by atoms with van der Waals surface area (Å²) in [5.74, 6) is -0.524. The molecule has 0 spiro atoms. The van der Waals surface area contributed by atoms with Crippen LogP contribution < -0.4 is 0 Å². The summed E-state index contributed by atoms with van der Waals surface area (Å²) in [4.78, 5) is 27.5. The minimum atomic E-state index is -3.91. The second-order valence-electron chi connectivity index (χ2n) is 8.35. The summed E-state index contributed by atoms with van der Waals surface area (Å²) >= 11 is 1.06. The van der Waals surface area contributed by atoms with Gasteiger partial charge in [-0.05, 0) is 37.8 Å². The van der Waals surface area contributed by atoms with Crippen LogP contribution in [0.1, 0.15) is 48.5 Å². The van der Waals surface area contributed by atoms with Crippen LogP contribution in [0.4, 0.5) is 0 Å². The van der Waals surface area contributed by atoms with Gasteiger partial charge in [0.25, 0.3) is 10.0 Å². The molecule has 0 N–H and O–H groups in total. The van der Waals surface area contributed by atoms with Crippen molar-refractivity contribution >= 4 is 33.2 Å². The number of carbonyl (C=O) groups excluding carboxylic acids is 2. The van der Waals surface area contributed by atoms with Gasteiger partial charge in [-0.1, -0.05) is 19.9 Å². The normalized spacial score (nSPS) is 22.7. The molecule has 10 heteroatoms.